The highest BCUT2D eigenvalue weighted by Gasteiger charge is 2.43. The van der Waals surface area contributed by atoms with Gasteiger partial charge < -0.3 is 25.8 Å². The van der Waals surface area contributed by atoms with E-state index in [-0.39, 0.29) is 23.8 Å². The fourth-order valence-electron chi connectivity index (χ4n) is 5.89. The summed E-state index contributed by atoms with van der Waals surface area (Å²) in [4.78, 5) is 31.0. The van der Waals surface area contributed by atoms with Gasteiger partial charge in [-0.15, -0.1) is 0 Å². The number of piperidine rings is 1. The molecule has 4 unspecified atom stereocenters. The minimum atomic E-state index is -1.18. The summed E-state index contributed by atoms with van der Waals surface area (Å²) in [5.74, 6) is 0.0244. The van der Waals surface area contributed by atoms with Crippen LogP contribution in [0.15, 0.2) is 48.8 Å². The van der Waals surface area contributed by atoms with E-state index in [1.807, 2.05) is 41.3 Å². The maximum atomic E-state index is 13.3. The molecule has 2 fully saturated rings. The fourth-order valence-corrected chi connectivity index (χ4v) is 5.89. The van der Waals surface area contributed by atoms with Crippen LogP contribution in [0.25, 0.3) is 11.1 Å². The standard InChI is InChI=1S/C28H38N4O4/c1-36-27(34)31-14-5-13-28(35,25-8-3-2-7-24(25)20-11-15-30-16-12-20)22-6-4-17-32(19-22)26(33)21-9-10-23(29)18-21/h2-3,7-8,11-12,15-16,21-23,35H,4-6,9-10,13-14,17-19,29H2,1H3,(H,31,34). The molecule has 1 aliphatic heterocycles. The molecule has 1 aromatic heterocycles. The van der Waals surface area contributed by atoms with Crippen LogP contribution < -0.4 is 11.1 Å². The van der Waals surface area contributed by atoms with Gasteiger partial charge in [0.05, 0.1) is 12.7 Å². The van der Waals surface area contributed by atoms with E-state index < -0.39 is 11.7 Å². The van der Waals surface area contributed by atoms with Crippen LogP contribution in [-0.4, -0.2) is 59.8 Å². The summed E-state index contributed by atoms with van der Waals surface area (Å²) < 4.78 is 4.69. The lowest BCUT2D eigenvalue weighted by atomic mass is 9.72. The van der Waals surface area contributed by atoms with E-state index in [2.05, 4.69) is 15.0 Å². The molecule has 0 spiro atoms. The van der Waals surface area contributed by atoms with Crippen molar-refractivity contribution in [3.8, 4) is 11.1 Å². The zero-order valence-electron chi connectivity index (χ0n) is 21.1. The van der Waals surface area contributed by atoms with Crippen molar-refractivity contribution in [3.63, 3.8) is 0 Å². The van der Waals surface area contributed by atoms with Crippen molar-refractivity contribution in [3.05, 3.63) is 54.4 Å². The highest BCUT2D eigenvalue weighted by atomic mass is 16.5. The van der Waals surface area contributed by atoms with Crippen molar-refractivity contribution in [2.24, 2.45) is 17.6 Å². The topological polar surface area (TPSA) is 118 Å². The number of benzene rings is 1. The van der Waals surface area contributed by atoms with Crippen LogP contribution in [0.3, 0.4) is 0 Å². The van der Waals surface area contributed by atoms with Crippen LogP contribution in [0, 0.1) is 11.8 Å². The highest BCUT2D eigenvalue weighted by molar-refractivity contribution is 5.79. The van der Waals surface area contributed by atoms with E-state index in [4.69, 9.17) is 5.73 Å². The number of carbonyl (C=O) groups is 2. The van der Waals surface area contributed by atoms with E-state index in [9.17, 15) is 14.7 Å². The third kappa shape index (κ3) is 5.87. The average Bonchev–Trinajstić information content (AvgIpc) is 3.37. The normalized spacial score (nSPS) is 23.6. The molecule has 4 rings (SSSR count). The SMILES string of the molecule is COC(=O)NCCCC(O)(c1ccccc1-c1ccncc1)C1CCCN(C(=O)C2CCC(N)C2)C1. The quantitative estimate of drug-likeness (QED) is 0.484. The summed E-state index contributed by atoms with van der Waals surface area (Å²) in [6.45, 7) is 1.62. The monoisotopic (exact) mass is 494 g/mol. The Hall–Kier alpha value is -2.97. The van der Waals surface area contributed by atoms with Crippen LogP contribution in [-0.2, 0) is 15.1 Å². The van der Waals surface area contributed by atoms with E-state index in [1.54, 1.807) is 12.4 Å². The summed E-state index contributed by atoms with van der Waals surface area (Å²) >= 11 is 0. The molecule has 1 aromatic carbocycles. The molecular weight excluding hydrogens is 456 g/mol. The number of alkyl carbamates (subject to hydrolysis) is 1. The molecule has 8 nitrogen and oxygen atoms in total. The number of nitrogens with zero attached hydrogens (tertiary/aromatic N) is 2. The Kier molecular flexibility index (Phi) is 8.59. The van der Waals surface area contributed by atoms with E-state index in [0.29, 0.717) is 32.5 Å². The average molecular weight is 495 g/mol. The van der Waals surface area contributed by atoms with E-state index in [1.165, 1.54) is 7.11 Å². The van der Waals surface area contributed by atoms with Gasteiger partial charge in [0.1, 0.15) is 0 Å². The Morgan fingerprint density at radius 2 is 1.97 bits per heavy atom. The number of ether oxygens (including phenoxy) is 1. The summed E-state index contributed by atoms with van der Waals surface area (Å²) in [5.41, 5.74) is 7.68. The number of nitrogens with two attached hydrogens (primary N) is 1. The molecular formula is C28H38N4O4. The predicted octanol–water partition coefficient (Wildman–Crippen LogP) is 3.44. The van der Waals surface area contributed by atoms with Crippen LogP contribution in [0.2, 0.25) is 0 Å². The van der Waals surface area contributed by atoms with Crippen molar-refractivity contribution >= 4 is 12.0 Å². The molecule has 1 saturated carbocycles. The molecule has 4 atom stereocenters. The second-order valence-corrected chi connectivity index (χ2v) is 10.1. The van der Waals surface area contributed by atoms with Gasteiger partial charge in [0.2, 0.25) is 5.91 Å². The molecule has 2 amide bonds. The van der Waals surface area contributed by atoms with E-state index in [0.717, 1.165) is 48.8 Å². The minimum absolute atomic E-state index is 0.0137. The first-order chi connectivity index (χ1) is 17.4. The second-order valence-electron chi connectivity index (χ2n) is 10.1. The summed E-state index contributed by atoms with van der Waals surface area (Å²) in [7, 11) is 1.33. The summed E-state index contributed by atoms with van der Waals surface area (Å²) in [6.07, 6.45) is 8.17. The van der Waals surface area contributed by atoms with Gasteiger partial charge in [0.15, 0.2) is 0 Å². The van der Waals surface area contributed by atoms with Crippen molar-refractivity contribution in [2.45, 2.75) is 56.6 Å². The third-order valence-corrected chi connectivity index (χ3v) is 7.81. The lowest BCUT2D eigenvalue weighted by Crippen LogP contribution is -2.49. The fraction of sp³-hybridized carbons (Fsp3) is 0.536. The van der Waals surface area contributed by atoms with Crippen LogP contribution in [0.1, 0.15) is 50.5 Å². The van der Waals surface area contributed by atoms with Crippen molar-refractivity contribution in [2.75, 3.05) is 26.7 Å². The lowest BCUT2D eigenvalue weighted by Gasteiger charge is -2.44. The van der Waals surface area contributed by atoms with Crippen LogP contribution in [0.5, 0.6) is 0 Å². The number of carbonyl (C=O) groups excluding carboxylic acids is 2. The highest BCUT2D eigenvalue weighted by Crippen LogP contribution is 2.43. The molecule has 4 N–H and O–H groups in total. The summed E-state index contributed by atoms with van der Waals surface area (Å²) in [6, 6.07) is 11.9. The first kappa shape index (κ1) is 26.1. The number of likely N-dealkylation sites (tertiary alicyclic amines) is 1. The minimum Gasteiger partial charge on any atom is -0.453 e. The number of pyridine rings is 1. The summed E-state index contributed by atoms with van der Waals surface area (Å²) in [5, 5.41) is 15.2. The predicted molar refractivity (Wildman–Crippen MR) is 138 cm³/mol. The van der Waals surface area contributed by atoms with Crippen molar-refractivity contribution in [1.82, 2.24) is 15.2 Å². The van der Waals surface area contributed by atoms with Crippen LogP contribution >= 0.6 is 0 Å². The third-order valence-electron chi connectivity index (χ3n) is 7.81. The van der Waals surface area contributed by atoms with Gasteiger partial charge >= 0.3 is 6.09 Å². The Morgan fingerprint density at radius 3 is 2.69 bits per heavy atom. The number of rotatable bonds is 8. The number of methoxy groups -OCH3 is 1. The first-order valence-corrected chi connectivity index (χ1v) is 13.0. The van der Waals surface area contributed by atoms with Crippen LogP contribution in [0.4, 0.5) is 4.79 Å². The smallest absolute Gasteiger partial charge is 0.406 e. The number of hydrogen-bond donors (Lipinski definition) is 3. The largest absolute Gasteiger partial charge is 0.453 e. The lowest BCUT2D eigenvalue weighted by molar-refractivity contribution is -0.140. The number of hydrogen-bond acceptors (Lipinski definition) is 6. The molecule has 36 heavy (non-hydrogen) atoms. The van der Waals surface area contributed by atoms with Gasteiger partial charge in [0, 0.05) is 49.9 Å². The van der Waals surface area contributed by atoms with Crippen molar-refractivity contribution < 1.29 is 19.4 Å². The molecule has 0 bridgehead atoms. The number of aromatic nitrogens is 1. The molecule has 0 radical (unpaired) electrons. The van der Waals surface area contributed by atoms with Gasteiger partial charge in [-0.05, 0) is 73.8 Å². The molecule has 2 aliphatic rings. The second kappa shape index (κ2) is 11.8. The zero-order chi connectivity index (χ0) is 25.5. The Morgan fingerprint density at radius 1 is 1.19 bits per heavy atom. The number of nitrogens with one attached hydrogen (secondary N) is 1. The molecule has 2 aromatic rings. The van der Waals surface area contributed by atoms with Gasteiger partial charge in [-0.2, -0.15) is 0 Å². The molecule has 2 heterocycles. The maximum absolute atomic E-state index is 13.3. The van der Waals surface area contributed by atoms with Crippen molar-refractivity contribution in [1.29, 1.82) is 0 Å². The molecule has 1 saturated heterocycles. The first-order valence-electron chi connectivity index (χ1n) is 13.0. The Balaban J connectivity index is 1.61. The molecule has 8 heteroatoms. The van der Waals surface area contributed by atoms with Gasteiger partial charge in [0.25, 0.3) is 0 Å². The van der Waals surface area contributed by atoms with Gasteiger partial charge in [-0.1, -0.05) is 24.3 Å². The maximum Gasteiger partial charge on any atom is 0.406 e. The Bertz CT molecular complexity index is 1030. The molecule has 1 aliphatic carbocycles. The zero-order valence-corrected chi connectivity index (χ0v) is 21.1. The molecule has 194 valence electrons. The van der Waals surface area contributed by atoms with E-state index >= 15 is 0 Å². The number of amides is 2. The Labute approximate surface area is 213 Å². The number of aliphatic hydroxyl groups is 1. The van der Waals surface area contributed by atoms with Gasteiger partial charge in [-0.25, -0.2) is 4.79 Å². The van der Waals surface area contributed by atoms with Gasteiger partial charge in [-0.3, -0.25) is 9.78 Å².